The zero-order valence-corrected chi connectivity index (χ0v) is 14.4. The first kappa shape index (κ1) is 16.9. The minimum Gasteiger partial charge on any atom is -0.376 e. The van der Waals surface area contributed by atoms with E-state index in [4.69, 9.17) is 17.0 Å². The van der Waals surface area contributed by atoms with Gasteiger partial charge in [-0.3, -0.25) is 14.2 Å². The van der Waals surface area contributed by atoms with E-state index in [1.54, 1.807) is 22.8 Å². The molecule has 1 saturated heterocycles. The van der Waals surface area contributed by atoms with Gasteiger partial charge in [0.15, 0.2) is 4.77 Å². The summed E-state index contributed by atoms with van der Waals surface area (Å²) in [5, 5.41) is 3.41. The fraction of sp³-hybridized carbons (Fsp3) is 0.471. The number of fused-ring (bicyclic) bond motifs is 1. The van der Waals surface area contributed by atoms with Gasteiger partial charge in [-0.1, -0.05) is 6.92 Å². The molecule has 2 N–H and O–H groups in total. The smallest absolute Gasteiger partial charge is 0.262 e. The highest BCUT2D eigenvalue weighted by atomic mass is 32.1. The van der Waals surface area contributed by atoms with E-state index in [1.807, 2.05) is 6.92 Å². The van der Waals surface area contributed by atoms with Gasteiger partial charge in [0.1, 0.15) is 0 Å². The Morgan fingerprint density at radius 1 is 1.50 bits per heavy atom. The summed E-state index contributed by atoms with van der Waals surface area (Å²) < 4.78 is 7.43. The average Bonchev–Trinajstić information content (AvgIpc) is 3.09. The number of carbonyl (C=O) groups is 1. The third-order valence-electron chi connectivity index (χ3n) is 4.21. The molecule has 1 atom stereocenters. The molecular formula is C17H21N3O3S. The quantitative estimate of drug-likeness (QED) is 0.814. The van der Waals surface area contributed by atoms with Crippen LogP contribution in [0.25, 0.3) is 10.9 Å². The zero-order valence-electron chi connectivity index (χ0n) is 13.6. The molecule has 24 heavy (non-hydrogen) atoms. The molecule has 7 heteroatoms. The summed E-state index contributed by atoms with van der Waals surface area (Å²) in [6, 6.07) is 5.02. The van der Waals surface area contributed by atoms with E-state index in [2.05, 4.69) is 10.3 Å². The van der Waals surface area contributed by atoms with Crippen molar-refractivity contribution >= 4 is 29.0 Å². The number of nitrogens with one attached hydrogen (secondary N) is 2. The van der Waals surface area contributed by atoms with Crippen molar-refractivity contribution in [2.45, 2.75) is 38.8 Å². The van der Waals surface area contributed by atoms with E-state index in [0.29, 0.717) is 34.3 Å². The lowest BCUT2D eigenvalue weighted by molar-refractivity contribution is 0.0858. The van der Waals surface area contributed by atoms with Gasteiger partial charge in [0, 0.05) is 25.3 Å². The Bertz CT molecular complexity index is 865. The van der Waals surface area contributed by atoms with E-state index >= 15 is 0 Å². The van der Waals surface area contributed by atoms with Crippen molar-refractivity contribution in [3.8, 4) is 0 Å². The summed E-state index contributed by atoms with van der Waals surface area (Å²) in [6.07, 6.45) is 2.94. The van der Waals surface area contributed by atoms with Crippen LogP contribution in [-0.4, -0.2) is 34.7 Å². The predicted molar refractivity (Wildman–Crippen MR) is 95.0 cm³/mol. The molecule has 0 bridgehead atoms. The second kappa shape index (κ2) is 7.27. The normalized spacial score (nSPS) is 17.3. The van der Waals surface area contributed by atoms with Crippen molar-refractivity contribution in [2.24, 2.45) is 0 Å². The van der Waals surface area contributed by atoms with Crippen molar-refractivity contribution in [3.63, 3.8) is 0 Å². The number of aromatic amines is 1. The van der Waals surface area contributed by atoms with Gasteiger partial charge in [-0.15, -0.1) is 0 Å². The van der Waals surface area contributed by atoms with E-state index in [0.717, 1.165) is 25.9 Å². The fourth-order valence-electron chi connectivity index (χ4n) is 2.94. The molecule has 0 aliphatic carbocycles. The Balaban J connectivity index is 1.85. The molecule has 3 rings (SSSR count). The highest BCUT2D eigenvalue weighted by Gasteiger charge is 2.17. The third kappa shape index (κ3) is 3.42. The molecule has 6 nitrogen and oxygen atoms in total. The minimum atomic E-state index is -0.176. The minimum absolute atomic E-state index is 0.0986. The molecule has 2 heterocycles. The van der Waals surface area contributed by atoms with E-state index in [9.17, 15) is 9.59 Å². The summed E-state index contributed by atoms with van der Waals surface area (Å²) in [7, 11) is 0. The molecular weight excluding hydrogens is 326 g/mol. The number of rotatable bonds is 5. The van der Waals surface area contributed by atoms with Crippen LogP contribution in [0, 0.1) is 4.77 Å². The van der Waals surface area contributed by atoms with Gasteiger partial charge in [-0.2, -0.15) is 0 Å². The molecule has 1 aromatic heterocycles. The molecule has 1 fully saturated rings. The monoisotopic (exact) mass is 347 g/mol. The number of nitrogens with zero attached hydrogens (tertiary/aromatic N) is 1. The second-order valence-electron chi connectivity index (χ2n) is 5.99. The number of H-pyrrole nitrogens is 1. The van der Waals surface area contributed by atoms with Gasteiger partial charge in [0.2, 0.25) is 0 Å². The van der Waals surface area contributed by atoms with Crippen LogP contribution >= 0.6 is 12.2 Å². The Labute approximate surface area is 144 Å². The number of benzene rings is 1. The number of hydrogen-bond acceptors (Lipinski definition) is 4. The van der Waals surface area contributed by atoms with Crippen molar-refractivity contribution in [2.75, 3.05) is 13.2 Å². The zero-order chi connectivity index (χ0) is 17.1. The van der Waals surface area contributed by atoms with Crippen molar-refractivity contribution < 1.29 is 9.53 Å². The first-order chi connectivity index (χ1) is 11.6. The van der Waals surface area contributed by atoms with Gasteiger partial charge in [0.25, 0.3) is 11.5 Å². The molecule has 1 amide bonds. The van der Waals surface area contributed by atoms with Crippen LogP contribution in [0.4, 0.5) is 0 Å². The van der Waals surface area contributed by atoms with Crippen LogP contribution in [0.3, 0.4) is 0 Å². The molecule has 1 aliphatic heterocycles. The molecule has 0 saturated carbocycles. The summed E-state index contributed by atoms with van der Waals surface area (Å²) in [5.41, 5.74) is 0.961. The van der Waals surface area contributed by atoms with Crippen LogP contribution < -0.4 is 10.9 Å². The first-order valence-electron chi connectivity index (χ1n) is 8.27. The number of amides is 1. The Morgan fingerprint density at radius 2 is 2.33 bits per heavy atom. The Hall–Kier alpha value is -1.99. The lowest BCUT2D eigenvalue weighted by atomic mass is 10.1. The molecule has 0 unspecified atom stereocenters. The second-order valence-corrected chi connectivity index (χ2v) is 6.38. The van der Waals surface area contributed by atoms with Crippen LogP contribution in [0.15, 0.2) is 23.0 Å². The topological polar surface area (TPSA) is 76.1 Å². The number of carbonyl (C=O) groups excluding carboxylic acids is 1. The number of aromatic nitrogens is 2. The molecule has 0 radical (unpaired) electrons. The van der Waals surface area contributed by atoms with Crippen LogP contribution in [0.2, 0.25) is 0 Å². The third-order valence-corrected chi connectivity index (χ3v) is 4.53. The van der Waals surface area contributed by atoms with Gasteiger partial charge in [0.05, 0.1) is 17.0 Å². The maximum absolute atomic E-state index is 12.5. The molecule has 128 valence electrons. The van der Waals surface area contributed by atoms with Crippen molar-refractivity contribution in [3.05, 3.63) is 38.9 Å². The summed E-state index contributed by atoms with van der Waals surface area (Å²) in [5.74, 6) is -0.176. The Kier molecular flexibility index (Phi) is 5.11. The SMILES string of the molecule is CCCn1c(=S)[nH]c2cc(C(=O)NC[C@H]3CCCO3)ccc2c1=O. The van der Waals surface area contributed by atoms with E-state index in [1.165, 1.54) is 0 Å². The summed E-state index contributed by atoms with van der Waals surface area (Å²) in [6.45, 7) is 3.84. The highest BCUT2D eigenvalue weighted by molar-refractivity contribution is 7.71. The molecule has 1 aliphatic rings. The highest BCUT2D eigenvalue weighted by Crippen LogP contribution is 2.13. The lowest BCUT2D eigenvalue weighted by Gasteiger charge is -2.11. The Morgan fingerprint density at radius 3 is 3.04 bits per heavy atom. The van der Waals surface area contributed by atoms with Crippen LogP contribution in [0.5, 0.6) is 0 Å². The largest absolute Gasteiger partial charge is 0.376 e. The molecule has 0 spiro atoms. The van der Waals surface area contributed by atoms with Gasteiger partial charge in [-0.05, 0) is 49.7 Å². The standard InChI is InChI=1S/C17H21N3O3S/c1-2-7-20-16(22)13-6-5-11(9-14(13)19-17(20)24)15(21)18-10-12-4-3-8-23-12/h5-6,9,12H,2-4,7-8,10H2,1H3,(H,18,21)(H,19,24)/t12-/m1/s1. The van der Waals surface area contributed by atoms with Gasteiger partial charge in [-0.25, -0.2) is 0 Å². The first-order valence-corrected chi connectivity index (χ1v) is 8.67. The summed E-state index contributed by atoms with van der Waals surface area (Å²) in [4.78, 5) is 27.8. The summed E-state index contributed by atoms with van der Waals surface area (Å²) >= 11 is 5.26. The van der Waals surface area contributed by atoms with Crippen LogP contribution in [-0.2, 0) is 11.3 Å². The fourth-order valence-corrected chi connectivity index (χ4v) is 3.22. The van der Waals surface area contributed by atoms with Gasteiger partial charge >= 0.3 is 0 Å². The predicted octanol–water partition coefficient (Wildman–Crippen LogP) is 2.38. The average molecular weight is 347 g/mol. The van der Waals surface area contributed by atoms with Crippen molar-refractivity contribution in [1.29, 1.82) is 0 Å². The molecule has 2 aromatic rings. The number of ether oxygens (including phenoxy) is 1. The lowest BCUT2D eigenvalue weighted by Crippen LogP contribution is -2.31. The van der Waals surface area contributed by atoms with Gasteiger partial charge < -0.3 is 15.0 Å². The van der Waals surface area contributed by atoms with E-state index < -0.39 is 0 Å². The number of hydrogen-bond donors (Lipinski definition) is 2. The molecule has 1 aromatic carbocycles. The maximum atomic E-state index is 12.5. The maximum Gasteiger partial charge on any atom is 0.262 e. The van der Waals surface area contributed by atoms with Crippen molar-refractivity contribution in [1.82, 2.24) is 14.9 Å². The van der Waals surface area contributed by atoms with E-state index in [-0.39, 0.29) is 17.6 Å². The van der Waals surface area contributed by atoms with Crippen LogP contribution in [0.1, 0.15) is 36.5 Å².